The summed E-state index contributed by atoms with van der Waals surface area (Å²) >= 11 is 1.59. The highest BCUT2D eigenvalue weighted by Crippen LogP contribution is 2.43. The van der Waals surface area contributed by atoms with Gasteiger partial charge in [-0.05, 0) is 41.6 Å². The van der Waals surface area contributed by atoms with Crippen LogP contribution in [0.5, 0.6) is 0 Å². The fraction of sp³-hybridized carbons (Fsp3) is 0.379. The zero-order valence-electron chi connectivity index (χ0n) is 20.8. The molecule has 0 bridgehead atoms. The Kier molecular flexibility index (Phi) is 7.80. The van der Waals surface area contributed by atoms with Crippen LogP contribution in [0, 0.1) is 0 Å². The van der Waals surface area contributed by atoms with Crippen LogP contribution in [0.15, 0.2) is 72.1 Å². The third kappa shape index (κ3) is 5.38. The van der Waals surface area contributed by atoms with E-state index in [1.165, 1.54) is 5.56 Å². The molecule has 0 spiro atoms. The van der Waals surface area contributed by atoms with Crippen molar-refractivity contribution in [3.63, 3.8) is 0 Å². The molecule has 188 valence electrons. The molecule has 36 heavy (non-hydrogen) atoms. The summed E-state index contributed by atoms with van der Waals surface area (Å²) < 4.78 is 0. The van der Waals surface area contributed by atoms with Gasteiger partial charge in [-0.1, -0.05) is 54.6 Å². The SMILES string of the molecule is CN1C(=O)c2ccccc2C(C(=O)NCCCN2CCN(Cc3ccccc3)CC2)C1c1cccs1. The van der Waals surface area contributed by atoms with Crippen LogP contribution < -0.4 is 5.32 Å². The van der Waals surface area contributed by atoms with E-state index < -0.39 is 5.92 Å². The van der Waals surface area contributed by atoms with Gasteiger partial charge in [0.15, 0.2) is 0 Å². The minimum atomic E-state index is -0.413. The highest BCUT2D eigenvalue weighted by molar-refractivity contribution is 7.10. The van der Waals surface area contributed by atoms with Crippen LogP contribution in [-0.4, -0.2) is 72.8 Å². The molecule has 2 aromatic carbocycles. The standard InChI is InChI=1S/C29H34N4O2S/c1-31-27(25-13-7-20-36-25)26(23-11-5-6-12-24(23)29(31)35)28(34)30-14-8-15-32-16-18-33(19-17-32)21-22-9-3-2-4-10-22/h2-7,9-13,20,26-27H,8,14-19,21H2,1H3,(H,30,34). The van der Waals surface area contributed by atoms with Gasteiger partial charge >= 0.3 is 0 Å². The molecule has 0 radical (unpaired) electrons. The maximum absolute atomic E-state index is 13.5. The van der Waals surface area contributed by atoms with Gasteiger partial charge in [0, 0.05) is 56.8 Å². The van der Waals surface area contributed by atoms with Gasteiger partial charge in [0.1, 0.15) is 0 Å². The monoisotopic (exact) mass is 502 g/mol. The second kappa shape index (κ2) is 11.4. The quantitative estimate of drug-likeness (QED) is 0.474. The van der Waals surface area contributed by atoms with Crippen molar-refractivity contribution in [3.8, 4) is 0 Å². The summed E-state index contributed by atoms with van der Waals surface area (Å²) in [6.07, 6.45) is 0.914. The number of thiophene rings is 1. The van der Waals surface area contributed by atoms with Crippen LogP contribution in [0.1, 0.15) is 44.7 Å². The Hall–Kier alpha value is -3.00. The number of likely N-dealkylation sites (N-methyl/N-ethyl adjacent to an activating group) is 1. The first-order chi connectivity index (χ1) is 17.6. The first-order valence-corrected chi connectivity index (χ1v) is 13.7. The molecule has 1 saturated heterocycles. The van der Waals surface area contributed by atoms with Gasteiger partial charge in [-0.3, -0.25) is 14.5 Å². The number of benzene rings is 2. The van der Waals surface area contributed by atoms with Gasteiger partial charge in [0.25, 0.3) is 5.91 Å². The summed E-state index contributed by atoms with van der Waals surface area (Å²) in [6, 6.07) is 21.9. The number of hydrogen-bond donors (Lipinski definition) is 1. The molecular weight excluding hydrogens is 468 g/mol. The fourth-order valence-corrected chi connectivity index (χ4v) is 6.31. The van der Waals surface area contributed by atoms with E-state index >= 15 is 0 Å². The van der Waals surface area contributed by atoms with Crippen LogP contribution in [-0.2, 0) is 11.3 Å². The molecule has 7 heteroatoms. The van der Waals surface area contributed by atoms with E-state index in [9.17, 15) is 9.59 Å². The smallest absolute Gasteiger partial charge is 0.254 e. The minimum absolute atomic E-state index is 0.00659. The van der Waals surface area contributed by atoms with Crippen molar-refractivity contribution >= 4 is 23.2 Å². The molecule has 2 aliphatic heterocycles. The summed E-state index contributed by atoms with van der Waals surface area (Å²) in [7, 11) is 1.81. The maximum Gasteiger partial charge on any atom is 0.254 e. The zero-order valence-corrected chi connectivity index (χ0v) is 21.6. The molecule has 1 fully saturated rings. The summed E-state index contributed by atoms with van der Waals surface area (Å²) in [4.78, 5) is 34.3. The lowest BCUT2D eigenvalue weighted by molar-refractivity contribution is -0.124. The number of carbonyl (C=O) groups excluding carboxylic acids is 2. The second-order valence-electron chi connectivity index (χ2n) is 9.69. The summed E-state index contributed by atoms with van der Waals surface area (Å²) in [6.45, 7) is 6.89. The van der Waals surface area contributed by atoms with Crippen LogP contribution in [0.4, 0.5) is 0 Å². The minimum Gasteiger partial charge on any atom is -0.355 e. The Bertz CT molecular complexity index is 1160. The molecule has 6 nitrogen and oxygen atoms in total. The van der Waals surface area contributed by atoms with E-state index in [1.807, 2.05) is 41.8 Å². The van der Waals surface area contributed by atoms with E-state index in [1.54, 1.807) is 23.3 Å². The first-order valence-electron chi connectivity index (χ1n) is 12.8. The number of hydrogen-bond acceptors (Lipinski definition) is 5. The van der Waals surface area contributed by atoms with Crippen LogP contribution in [0.25, 0.3) is 0 Å². The molecule has 3 heterocycles. The van der Waals surface area contributed by atoms with Gasteiger partial charge in [-0.15, -0.1) is 11.3 Å². The van der Waals surface area contributed by atoms with E-state index in [4.69, 9.17) is 0 Å². The highest BCUT2D eigenvalue weighted by atomic mass is 32.1. The number of fused-ring (bicyclic) bond motifs is 1. The second-order valence-corrected chi connectivity index (χ2v) is 10.7. The van der Waals surface area contributed by atoms with Gasteiger partial charge in [0.05, 0.1) is 12.0 Å². The van der Waals surface area contributed by atoms with Crippen LogP contribution >= 0.6 is 11.3 Å². The number of nitrogens with zero attached hydrogens (tertiary/aromatic N) is 3. The molecule has 0 aliphatic carbocycles. The largest absolute Gasteiger partial charge is 0.355 e. The average molecular weight is 503 g/mol. The van der Waals surface area contributed by atoms with Crippen molar-refractivity contribution in [2.45, 2.75) is 24.9 Å². The van der Waals surface area contributed by atoms with Crippen molar-refractivity contribution in [2.24, 2.45) is 0 Å². The molecule has 3 aromatic rings. The van der Waals surface area contributed by atoms with Crippen molar-refractivity contribution in [3.05, 3.63) is 93.7 Å². The van der Waals surface area contributed by atoms with Crippen molar-refractivity contribution in [1.82, 2.24) is 20.0 Å². The number of piperazine rings is 1. The molecule has 1 N–H and O–H groups in total. The number of nitrogens with one attached hydrogen (secondary N) is 1. The van der Waals surface area contributed by atoms with Crippen molar-refractivity contribution in [1.29, 1.82) is 0 Å². The maximum atomic E-state index is 13.5. The Morgan fingerprint density at radius 1 is 0.944 bits per heavy atom. The lowest BCUT2D eigenvalue weighted by atomic mass is 9.81. The normalized spacial score (nSPS) is 20.8. The first kappa shape index (κ1) is 24.7. The third-order valence-electron chi connectivity index (χ3n) is 7.36. The van der Waals surface area contributed by atoms with Crippen LogP contribution in [0.3, 0.4) is 0 Å². The molecule has 2 amide bonds. The zero-order chi connectivity index (χ0) is 24.9. The number of carbonyl (C=O) groups is 2. The van der Waals surface area contributed by atoms with E-state index in [0.717, 1.165) is 56.1 Å². The predicted octanol–water partition coefficient (Wildman–Crippen LogP) is 3.98. The molecule has 1 aromatic heterocycles. The van der Waals surface area contributed by atoms with Crippen LogP contribution in [0.2, 0.25) is 0 Å². The van der Waals surface area contributed by atoms with Crippen molar-refractivity contribution < 1.29 is 9.59 Å². The molecule has 2 unspecified atom stereocenters. The topological polar surface area (TPSA) is 55.9 Å². The Morgan fingerprint density at radius 2 is 1.67 bits per heavy atom. The molecule has 2 atom stereocenters. The number of rotatable bonds is 8. The third-order valence-corrected chi connectivity index (χ3v) is 8.30. The summed E-state index contributed by atoms with van der Waals surface area (Å²) in [5, 5.41) is 5.19. The molecule has 5 rings (SSSR count). The van der Waals surface area contributed by atoms with Crippen molar-refractivity contribution in [2.75, 3.05) is 46.3 Å². The van der Waals surface area contributed by atoms with Gasteiger partial charge in [0.2, 0.25) is 5.91 Å². The van der Waals surface area contributed by atoms with Gasteiger partial charge < -0.3 is 15.1 Å². The Morgan fingerprint density at radius 3 is 2.42 bits per heavy atom. The van der Waals surface area contributed by atoms with E-state index in [0.29, 0.717) is 12.1 Å². The molecular formula is C29H34N4O2S. The molecule has 2 aliphatic rings. The Labute approximate surface area is 217 Å². The summed E-state index contributed by atoms with van der Waals surface area (Å²) in [5.74, 6) is -0.448. The summed E-state index contributed by atoms with van der Waals surface area (Å²) in [5.41, 5.74) is 2.82. The van der Waals surface area contributed by atoms with E-state index in [-0.39, 0.29) is 17.9 Å². The molecule has 0 saturated carbocycles. The number of amides is 2. The lowest BCUT2D eigenvalue weighted by Crippen LogP contribution is -2.47. The van der Waals surface area contributed by atoms with Gasteiger partial charge in [-0.25, -0.2) is 0 Å². The van der Waals surface area contributed by atoms with Gasteiger partial charge in [-0.2, -0.15) is 0 Å². The Balaban J connectivity index is 1.15. The highest BCUT2D eigenvalue weighted by Gasteiger charge is 2.42. The predicted molar refractivity (Wildman–Crippen MR) is 144 cm³/mol. The fourth-order valence-electron chi connectivity index (χ4n) is 5.41. The lowest BCUT2D eigenvalue weighted by Gasteiger charge is -2.39. The average Bonchev–Trinajstić information content (AvgIpc) is 3.44. The van der Waals surface area contributed by atoms with E-state index in [2.05, 4.69) is 45.4 Å².